The van der Waals surface area contributed by atoms with Crippen LogP contribution in [0, 0.1) is 17.0 Å². The molecule has 1 saturated heterocycles. The third-order valence-corrected chi connectivity index (χ3v) is 4.94. The van der Waals surface area contributed by atoms with E-state index in [1.165, 1.54) is 30.5 Å². The van der Waals surface area contributed by atoms with E-state index >= 15 is 0 Å². The fourth-order valence-electron chi connectivity index (χ4n) is 3.63. The molecule has 2 atom stereocenters. The zero-order valence-electron chi connectivity index (χ0n) is 15.0. The van der Waals surface area contributed by atoms with Crippen LogP contribution >= 0.6 is 0 Å². The Bertz CT molecular complexity index is 852. The maximum Gasteiger partial charge on any atom is 0.339 e. The fraction of sp³-hybridized carbons (Fsp3) is 0.368. The Morgan fingerprint density at radius 2 is 2.12 bits per heavy atom. The Morgan fingerprint density at radius 3 is 2.77 bits per heavy atom. The summed E-state index contributed by atoms with van der Waals surface area (Å²) in [6.45, 7) is 4.77. The van der Waals surface area contributed by atoms with Crippen molar-refractivity contribution in [1.29, 1.82) is 0 Å². The first-order valence-corrected chi connectivity index (χ1v) is 8.47. The number of nitro groups is 1. The molecule has 0 aliphatic carbocycles. The summed E-state index contributed by atoms with van der Waals surface area (Å²) >= 11 is 0. The van der Waals surface area contributed by atoms with Gasteiger partial charge >= 0.3 is 11.7 Å². The van der Waals surface area contributed by atoms with Crippen molar-refractivity contribution in [2.45, 2.75) is 32.2 Å². The number of rotatable bonds is 4. The van der Waals surface area contributed by atoms with Crippen LogP contribution < -0.4 is 4.90 Å². The zero-order valence-corrected chi connectivity index (χ0v) is 15.0. The van der Waals surface area contributed by atoms with Crippen molar-refractivity contribution in [3.63, 3.8) is 0 Å². The molecule has 0 N–H and O–H groups in total. The van der Waals surface area contributed by atoms with Gasteiger partial charge in [0.15, 0.2) is 0 Å². The first kappa shape index (κ1) is 17.8. The van der Waals surface area contributed by atoms with Gasteiger partial charge in [-0.2, -0.15) is 0 Å². The number of hydrogen-bond donors (Lipinski definition) is 0. The molecule has 136 valence electrons. The van der Waals surface area contributed by atoms with E-state index in [1.807, 2.05) is 24.0 Å². The smallest absolute Gasteiger partial charge is 0.339 e. The number of nitrogens with zero attached hydrogens (tertiary/aromatic N) is 3. The van der Waals surface area contributed by atoms with E-state index in [0.717, 1.165) is 6.42 Å². The first-order chi connectivity index (χ1) is 12.4. The number of esters is 1. The molecule has 0 radical (unpaired) electrons. The topological polar surface area (TPSA) is 85.6 Å². The van der Waals surface area contributed by atoms with Crippen LogP contribution in [0.5, 0.6) is 0 Å². The Kier molecular flexibility index (Phi) is 4.88. The molecular formula is C19H21N3O4. The molecule has 7 heteroatoms. The van der Waals surface area contributed by atoms with Crippen molar-refractivity contribution in [1.82, 2.24) is 4.98 Å². The number of benzene rings is 1. The van der Waals surface area contributed by atoms with Gasteiger partial charge in [-0.25, -0.2) is 9.78 Å². The summed E-state index contributed by atoms with van der Waals surface area (Å²) in [7, 11) is 1.23. The molecule has 1 aromatic carbocycles. The monoisotopic (exact) mass is 355 g/mol. The van der Waals surface area contributed by atoms with E-state index in [-0.39, 0.29) is 23.2 Å². The highest BCUT2D eigenvalue weighted by Gasteiger charge is 2.35. The maximum absolute atomic E-state index is 11.7. The van der Waals surface area contributed by atoms with E-state index in [2.05, 4.69) is 28.8 Å². The second kappa shape index (κ2) is 7.11. The van der Waals surface area contributed by atoms with Crippen molar-refractivity contribution < 1.29 is 14.5 Å². The van der Waals surface area contributed by atoms with E-state index in [0.29, 0.717) is 12.4 Å². The van der Waals surface area contributed by atoms with Crippen LogP contribution in [0.1, 0.15) is 40.7 Å². The highest BCUT2D eigenvalue weighted by molar-refractivity contribution is 5.90. The standard InChI is InChI=1S/C19H21N3O4/c1-12-6-4-5-7-16(12)15-8-13(2)21(11-15)18-17(22(24)25)9-14(10-20-18)19(23)26-3/h4-7,9-10,13,15H,8,11H2,1-3H3. The molecule has 7 nitrogen and oxygen atoms in total. The van der Waals surface area contributed by atoms with Gasteiger partial charge in [-0.1, -0.05) is 24.3 Å². The fourth-order valence-corrected chi connectivity index (χ4v) is 3.63. The average molecular weight is 355 g/mol. The minimum Gasteiger partial charge on any atom is -0.465 e. The van der Waals surface area contributed by atoms with E-state index in [9.17, 15) is 14.9 Å². The lowest BCUT2D eigenvalue weighted by Gasteiger charge is -2.22. The van der Waals surface area contributed by atoms with Crippen LogP contribution in [0.25, 0.3) is 0 Å². The van der Waals surface area contributed by atoms with Crippen molar-refractivity contribution >= 4 is 17.5 Å². The minimum absolute atomic E-state index is 0.0743. The molecule has 0 spiro atoms. The summed E-state index contributed by atoms with van der Waals surface area (Å²) in [5, 5.41) is 11.5. The molecule has 1 aliphatic heterocycles. The van der Waals surface area contributed by atoms with Crippen LogP contribution in [0.3, 0.4) is 0 Å². The quantitative estimate of drug-likeness (QED) is 0.474. The number of ether oxygens (including phenoxy) is 1. The van der Waals surface area contributed by atoms with E-state index in [1.54, 1.807) is 0 Å². The number of hydrogen-bond acceptors (Lipinski definition) is 6. The normalized spacial score (nSPS) is 19.4. The summed E-state index contributed by atoms with van der Waals surface area (Å²) < 4.78 is 4.63. The third kappa shape index (κ3) is 3.24. The largest absolute Gasteiger partial charge is 0.465 e. The van der Waals surface area contributed by atoms with Crippen molar-refractivity contribution in [3.8, 4) is 0 Å². The number of carbonyl (C=O) groups excluding carboxylic acids is 1. The van der Waals surface area contributed by atoms with Crippen LogP contribution in [0.15, 0.2) is 36.5 Å². The summed E-state index contributed by atoms with van der Waals surface area (Å²) in [5.74, 6) is -0.0569. The lowest BCUT2D eigenvalue weighted by molar-refractivity contribution is -0.384. The summed E-state index contributed by atoms with van der Waals surface area (Å²) in [6, 6.07) is 9.55. The van der Waals surface area contributed by atoms with Gasteiger partial charge < -0.3 is 9.64 Å². The second-order valence-corrected chi connectivity index (χ2v) is 6.61. The van der Waals surface area contributed by atoms with Crippen LogP contribution in [0.2, 0.25) is 0 Å². The molecule has 1 aromatic heterocycles. The van der Waals surface area contributed by atoms with Gasteiger partial charge in [-0.15, -0.1) is 0 Å². The van der Waals surface area contributed by atoms with E-state index in [4.69, 9.17) is 0 Å². The molecule has 2 heterocycles. The lowest BCUT2D eigenvalue weighted by Crippen LogP contribution is -2.28. The van der Waals surface area contributed by atoms with Gasteiger partial charge in [0.25, 0.3) is 0 Å². The summed E-state index contributed by atoms with van der Waals surface area (Å²) in [5.41, 5.74) is 2.38. The van der Waals surface area contributed by atoms with Crippen LogP contribution in [-0.2, 0) is 4.74 Å². The average Bonchev–Trinajstić information content (AvgIpc) is 3.02. The van der Waals surface area contributed by atoms with Gasteiger partial charge in [0.2, 0.25) is 5.82 Å². The number of anilines is 1. The van der Waals surface area contributed by atoms with Crippen LogP contribution in [-0.4, -0.2) is 35.6 Å². The SMILES string of the molecule is COC(=O)c1cnc(N2CC(c3ccccc3C)CC2C)c([N+](=O)[O-])c1. The molecule has 0 bridgehead atoms. The second-order valence-electron chi connectivity index (χ2n) is 6.61. The summed E-state index contributed by atoms with van der Waals surface area (Å²) in [6.07, 6.45) is 2.23. The van der Waals surface area contributed by atoms with E-state index < -0.39 is 10.9 Å². The van der Waals surface area contributed by atoms with Crippen molar-refractivity contribution in [3.05, 3.63) is 63.3 Å². The highest BCUT2D eigenvalue weighted by Crippen LogP contribution is 2.38. The number of pyridine rings is 1. The van der Waals surface area contributed by atoms with Gasteiger partial charge in [0.1, 0.15) is 0 Å². The molecule has 0 saturated carbocycles. The van der Waals surface area contributed by atoms with Crippen molar-refractivity contribution in [2.75, 3.05) is 18.6 Å². The molecule has 3 rings (SSSR count). The predicted octanol–water partition coefficient (Wildman–Crippen LogP) is 3.47. The Hall–Kier alpha value is -2.96. The van der Waals surface area contributed by atoms with Crippen molar-refractivity contribution in [2.24, 2.45) is 0 Å². The Balaban J connectivity index is 1.95. The lowest BCUT2D eigenvalue weighted by atomic mass is 9.93. The number of aromatic nitrogens is 1. The van der Waals surface area contributed by atoms with Gasteiger partial charge in [0.05, 0.1) is 17.6 Å². The molecule has 1 fully saturated rings. The van der Waals surface area contributed by atoms with Crippen LogP contribution in [0.4, 0.5) is 11.5 Å². The molecule has 2 aromatic rings. The van der Waals surface area contributed by atoms with Gasteiger partial charge in [-0.3, -0.25) is 10.1 Å². The summed E-state index contributed by atoms with van der Waals surface area (Å²) in [4.78, 5) is 28.9. The van der Waals surface area contributed by atoms with Gasteiger partial charge in [-0.05, 0) is 31.4 Å². The molecule has 0 amide bonds. The molecule has 2 unspecified atom stereocenters. The highest BCUT2D eigenvalue weighted by atomic mass is 16.6. The maximum atomic E-state index is 11.7. The number of carbonyl (C=O) groups is 1. The Morgan fingerprint density at radius 1 is 1.38 bits per heavy atom. The molecular weight excluding hydrogens is 334 g/mol. The molecule has 26 heavy (non-hydrogen) atoms. The Labute approximate surface area is 151 Å². The number of methoxy groups -OCH3 is 1. The zero-order chi connectivity index (χ0) is 18.8. The molecule has 1 aliphatic rings. The number of aryl methyl sites for hydroxylation is 1. The third-order valence-electron chi connectivity index (χ3n) is 4.94. The predicted molar refractivity (Wildman–Crippen MR) is 97.6 cm³/mol. The van der Waals surface area contributed by atoms with Gasteiger partial charge in [0, 0.05) is 30.8 Å². The minimum atomic E-state index is -0.639. The first-order valence-electron chi connectivity index (χ1n) is 8.47.